The Morgan fingerprint density at radius 3 is 2.50 bits per heavy atom. The molecule has 0 spiro atoms. The molecule has 18 heavy (non-hydrogen) atoms. The maximum Gasteiger partial charge on any atom is 0.255 e. The first-order valence-electron chi connectivity index (χ1n) is 5.78. The van der Waals surface area contributed by atoms with Crippen LogP contribution < -0.4 is 11.1 Å². The molecule has 2 rings (SSSR count). The number of anilines is 1. The molecule has 0 aliphatic carbocycles. The maximum atomic E-state index is 12.0. The molecule has 0 radical (unpaired) electrons. The van der Waals surface area contributed by atoms with Gasteiger partial charge in [0.2, 0.25) is 0 Å². The highest BCUT2D eigenvalue weighted by molar-refractivity contribution is 5.95. The molecule has 1 amide bonds. The van der Waals surface area contributed by atoms with E-state index in [9.17, 15) is 4.79 Å². The average Bonchev–Trinajstić information content (AvgIpc) is 2.76. The van der Waals surface area contributed by atoms with Crippen molar-refractivity contribution < 1.29 is 9.21 Å². The fourth-order valence-corrected chi connectivity index (χ4v) is 1.76. The number of aryl methyl sites for hydroxylation is 1. The van der Waals surface area contributed by atoms with Crippen molar-refractivity contribution in [2.24, 2.45) is 0 Å². The number of nitrogens with two attached hydrogens (primary N) is 1. The molecular weight excluding hydrogens is 228 g/mol. The van der Waals surface area contributed by atoms with Crippen molar-refractivity contribution in [2.45, 2.75) is 19.9 Å². The van der Waals surface area contributed by atoms with Crippen molar-refractivity contribution in [3.05, 3.63) is 53.5 Å². The summed E-state index contributed by atoms with van der Waals surface area (Å²) >= 11 is 0. The van der Waals surface area contributed by atoms with Gasteiger partial charge in [0.1, 0.15) is 5.76 Å². The summed E-state index contributed by atoms with van der Waals surface area (Å²) in [5, 5.41) is 2.92. The van der Waals surface area contributed by atoms with Crippen molar-refractivity contribution in [3.8, 4) is 0 Å². The Kier molecular flexibility index (Phi) is 3.37. The van der Waals surface area contributed by atoms with Gasteiger partial charge in [-0.3, -0.25) is 4.79 Å². The third-order valence-electron chi connectivity index (χ3n) is 2.89. The number of hydrogen-bond acceptors (Lipinski definition) is 3. The Labute approximate surface area is 106 Å². The van der Waals surface area contributed by atoms with E-state index in [1.807, 2.05) is 31.2 Å². The third-order valence-corrected chi connectivity index (χ3v) is 2.89. The lowest BCUT2D eigenvalue weighted by Gasteiger charge is -2.14. The van der Waals surface area contributed by atoms with Gasteiger partial charge in [0.25, 0.3) is 5.91 Å². The van der Waals surface area contributed by atoms with Gasteiger partial charge in [-0.05, 0) is 37.6 Å². The molecule has 0 fully saturated rings. The Hall–Kier alpha value is -2.23. The molecule has 1 atom stereocenters. The predicted octanol–water partition coefficient (Wildman–Crippen LogP) is 2.66. The number of nitrogens with one attached hydrogen (secondary N) is 1. The molecule has 1 unspecified atom stereocenters. The highest BCUT2D eigenvalue weighted by atomic mass is 16.3. The van der Waals surface area contributed by atoms with Crippen molar-refractivity contribution in [3.63, 3.8) is 0 Å². The Balaban J connectivity index is 2.08. The van der Waals surface area contributed by atoms with Crippen LogP contribution in [0.5, 0.6) is 0 Å². The van der Waals surface area contributed by atoms with Crippen molar-refractivity contribution >= 4 is 11.6 Å². The molecule has 1 aromatic carbocycles. The first-order chi connectivity index (χ1) is 8.58. The maximum absolute atomic E-state index is 12.0. The van der Waals surface area contributed by atoms with E-state index in [4.69, 9.17) is 10.2 Å². The van der Waals surface area contributed by atoms with Gasteiger partial charge in [-0.25, -0.2) is 0 Å². The van der Waals surface area contributed by atoms with E-state index in [2.05, 4.69) is 5.32 Å². The topological polar surface area (TPSA) is 68.3 Å². The molecule has 0 aliphatic heterocycles. The zero-order chi connectivity index (χ0) is 13.1. The van der Waals surface area contributed by atoms with Crippen LogP contribution in [-0.2, 0) is 0 Å². The second-order valence-corrected chi connectivity index (χ2v) is 4.25. The number of nitrogen functional groups attached to an aromatic ring is 1. The van der Waals surface area contributed by atoms with Gasteiger partial charge in [-0.15, -0.1) is 0 Å². The molecule has 94 valence electrons. The highest BCUT2D eigenvalue weighted by Gasteiger charge is 2.14. The van der Waals surface area contributed by atoms with Gasteiger partial charge in [0.15, 0.2) is 0 Å². The summed E-state index contributed by atoms with van der Waals surface area (Å²) in [5.41, 5.74) is 7.92. The van der Waals surface area contributed by atoms with Crippen LogP contribution in [0, 0.1) is 6.92 Å². The number of hydrogen-bond donors (Lipinski definition) is 2. The Morgan fingerprint density at radius 2 is 1.94 bits per heavy atom. The molecule has 0 bridgehead atoms. The molecule has 1 aromatic heterocycles. The minimum atomic E-state index is -0.134. The monoisotopic (exact) mass is 244 g/mol. The van der Waals surface area contributed by atoms with Gasteiger partial charge in [-0.1, -0.05) is 12.1 Å². The van der Waals surface area contributed by atoms with Gasteiger partial charge >= 0.3 is 0 Å². The quantitative estimate of drug-likeness (QED) is 0.815. The molecule has 2 aromatic rings. The number of benzene rings is 1. The smallest absolute Gasteiger partial charge is 0.255 e. The van der Waals surface area contributed by atoms with Crippen LogP contribution >= 0.6 is 0 Å². The second-order valence-electron chi connectivity index (χ2n) is 4.25. The standard InChI is InChI=1S/C14H16N2O2/c1-9(11-3-5-12(15)6-4-11)16-14(17)13-7-8-18-10(13)2/h3-9H,15H2,1-2H3,(H,16,17). The number of rotatable bonds is 3. The summed E-state index contributed by atoms with van der Waals surface area (Å²) in [6.07, 6.45) is 1.51. The fourth-order valence-electron chi connectivity index (χ4n) is 1.76. The second kappa shape index (κ2) is 4.96. The lowest BCUT2D eigenvalue weighted by atomic mass is 10.1. The van der Waals surface area contributed by atoms with Crippen LogP contribution in [0.2, 0.25) is 0 Å². The first-order valence-corrected chi connectivity index (χ1v) is 5.78. The van der Waals surface area contributed by atoms with E-state index in [0.29, 0.717) is 17.0 Å². The average molecular weight is 244 g/mol. The molecule has 4 nitrogen and oxygen atoms in total. The molecule has 0 aliphatic rings. The summed E-state index contributed by atoms with van der Waals surface area (Å²) < 4.78 is 5.11. The van der Waals surface area contributed by atoms with Gasteiger partial charge in [-0.2, -0.15) is 0 Å². The summed E-state index contributed by atoms with van der Waals surface area (Å²) in [6, 6.07) is 9.04. The Bertz CT molecular complexity index is 543. The van der Waals surface area contributed by atoms with Crippen LogP contribution in [0.15, 0.2) is 41.0 Å². The minimum absolute atomic E-state index is 0.0765. The fraction of sp³-hybridized carbons (Fsp3) is 0.214. The van der Waals surface area contributed by atoms with E-state index in [1.54, 1.807) is 13.0 Å². The minimum Gasteiger partial charge on any atom is -0.469 e. The summed E-state index contributed by atoms with van der Waals surface area (Å²) in [4.78, 5) is 12.0. The zero-order valence-corrected chi connectivity index (χ0v) is 10.4. The largest absolute Gasteiger partial charge is 0.469 e. The van der Waals surface area contributed by atoms with E-state index in [1.165, 1.54) is 6.26 Å². The lowest BCUT2D eigenvalue weighted by Crippen LogP contribution is -2.26. The van der Waals surface area contributed by atoms with E-state index in [0.717, 1.165) is 5.56 Å². The van der Waals surface area contributed by atoms with Crippen molar-refractivity contribution in [2.75, 3.05) is 5.73 Å². The SMILES string of the molecule is Cc1occc1C(=O)NC(C)c1ccc(N)cc1. The summed E-state index contributed by atoms with van der Waals surface area (Å²) in [6.45, 7) is 3.70. The van der Waals surface area contributed by atoms with Crippen molar-refractivity contribution in [1.82, 2.24) is 5.32 Å². The Morgan fingerprint density at radius 1 is 1.28 bits per heavy atom. The van der Waals surface area contributed by atoms with Crippen LogP contribution in [0.1, 0.15) is 34.6 Å². The molecular formula is C14H16N2O2. The number of furan rings is 1. The normalized spacial score (nSPS) is 12.1. The highest BCUT2D eigenvalue weighted by Crippen LogP contribution is 2.16. The summed E-state index contributed by atoms with van der Waals surface area (Å²) in [7, 11) is 0. The summed E-state index contributed by atoms with van der Waals surface area (Å²) in [5.74, 6) is 0.489. The third kappa shape index (κ3) is 2.53. The van der Waals surface area contributed by atoms with Crippen LogP contribution in [0.4, 0.5) is 5.69 Å². The van der Waals surface area contributed by atoms with E-state index >= 15 is 0 Å². The number of carbonyl (C=O) groups excluding carboxylic acids is 1. The van der Waals surface area contributed by atoms with Crippen molar-refractivity contribution in [1.29, 1.82) is 0 Å². The number of amides is 1. The lowest BCUT2D eigenvalue weighted by molar-refractivity contribution is 0.0938. The van der Waals surface area contributed by atoms with E-state index < -0.39 is 0 Å². The molecule has 4 heteroatoms. The van der Waals surface area contributed by atoms with E-state index in [-0.39, 0.29) is 11.9 Å². The molecule has 1 heterocycles. The first kappa shape index (κ1) is 12.2. The van der Waals surface area contributed by atoms with Crippen LogP contribution in [0.25, 0.3) is 0 Å². The predicted molar refractivity (Wildman–Crippen MR) is 70.2 cm³/mol. The molecule has 0 saturated carbocycles. The van der Waals surface area contributed by atoms with Gasteiger partial charge in [0.05, 0.1) is 17.9 Å². The molecule has 3 N–H and O–H groups in total. The molecule has 0 saturated heterocycles. The number of carbonyl (C=O) groups is 1. The van der Waals surface area contributed by atoms with Crippen LogP contribution in [0.3, 0.4) is 0 Å². The van der Waals surface area contributed by atoms with Crippen LogP contribution in [-0.4, -0.2) is 5.91 Å². The van der Waals surface area contributed by atoms with Gasteiger partial charge in [0, 0.05) is 5.69 Å². The van der Waals surface area contributed by atoms with Gasteiger partial charge < -0.3 is 15.5 Å². The zero-order valence-electron chi connectivity index (χ0n) is 10.4.